The van der Waals surface area contributed by atoms with Crippen molar-refractivity contribution in [1.82, 2.24) is 20.0 Å². The highest BCUT2D eigenvalue weighted by Gasteiger charge is 2.19. The van der Waals surface area contributed by atoms with Crippen LogP contribution in [0.5, 0.6) is 0 Å². The van der Waals surface area contributed by atoms with Crippen molar-refractivity contribution in [1.29, 1.82) is 5.26 Å². The van der Waals surface area contributed by atoms with Gasteiger partial charge in [-0.25, -0.2) is 4.79 Å². The fourth-order valence-corrected chi connectivity index (χ4v) is 2.60. The van der Waals surface area contributed by atoms with E-state index >= 15 is 0 Å². The van der Waals surface area contributed by atoms with Crippen LogP contribution < -0.4 is 10.6 Å². The molecule has 1 fully saturated rings. The topological polar surface area (TPSA) is 95.2 Å². The molecule has 1 aliphatic heterocycles. The maximum absolute atomic E-state index is 11.9. The average molecular weight is 320 g/mol. The smallest absolute Gasteiger partial charge is 0.319 e. The van der Waals surface area contributed by atoms with Gasteiger partial charge in [0.2, 0.25) is 0 Å². The fourth-order valence-electron chi connectivity index (χ4n) is 2.60. The number of carbonyl (C=O) groups excluding carboxylic acids is 1. The highest BCUT2D eigenvalue weighted by atomic mass is 16.5. The van der Waals surface area contributed by atoms with Crippen LogP contribution in [-0.2, 0) is 11.3 Å². The van der Waals surface area contributed by atoms with Gasteiger partial charge < -0.3 is 15.4 Å². The zero-order valence-corrected chi connectivity index (χ0v) is 13.5. The van der Waals surface area contributed by atoms with E-state index in [4.69, 9.17) is 10.00 Å². The van der Waals surface area contributed by atoms with Crippen LogP contribution in [0.15, 0.2) is 12.4 Å². The van der Waals surface area contributed by atoms with E-state index in [-0.39, 0.29) is 6.03 Å². The molecule has 0 atom stereocenters. The molecule has 1 aromatic heterocycles. The summed E-state index contributed by atoms with van der Waals surface area (Å²) in [7, 11) is 1.64. The molecule has 1 aromatic rings. The van der Waals surface area contributed by atoms with Gasteiger partial charge >= 0.3 is 6.03 Å². The minimum Gasteiger partial charge on any atom is -0.383 e. The van der Waals surface area contributed by atoms with Crippen molar-refractivity contribution in [2.24, 2.45) is 5.92 Å². The van der Waals surface area contributed by atoms with Crippen LogP contribution in [0.1, 0.15) is 12.8 Å². The Morgan fingerprint density at radius 2 is 2.30 bits per heavy atom. The fraction of sp³-hybridized carbons (Fsp3) is 0.667. The maximum atomic E-state index is 11.9. The van der Waals surface area contributed by atoms with E-state index in [0.29, 0.717) is 37.8 Å². The van der Waals surface area contributed by atoms with Gasteiger partial charge in [-0.1, -0.05) is 0 Å². The van der Waals surface area contributed by atoms with E-state index < -0.39 is 0 Å². The van der Waals surface area contributed by atoms with Crippen molar-refractivity contribution in [3.63, 3.8) is 0 Å². The standard InChI is InChI=1S/C15H24N6O2/c1-23-9-8-21-12-14(11-18-21)19-15(22)17-10-13-2-5-20(6-3-13)7-4-16/h11-13H,2-3,5-10H2,1H3,(H2,17,19,22). The van der Waals surface area contributed by atoms with Gasteiger partial charge in [-0.15, -0.1) is 0 Å². The molecule has 2 amide bonds. The summed E-state index contributed by atoms with van der Waals surface area (Å²) in [4.78, 5) is 14.1. The largest absolute Gasteiger partial charge is 0.383 e. The summed E-state index contributed by atoms with van der Waals surface area (Å²) >= 11 is 0. The van der Waals surface area contributed by atoms with Gasteiger partial charge in [0.05, 0.1) is 37.6 Å². The van der Waals surface area contributed by atoms with Crippen LogP contribution in [0.2, 0.25) is 0 Å². The average Bonchev–Trinajstić information content (AvgIpc) is 3.00. The summed E-state index contributed by atoms with van der Waals surface area (Å²) in [6.07, 6.45) is 5.42. The number of carbonyl (C=O) groups is 1. The number of hydrogen-bond donors (Lipinski definition) is 2. The number of methoxy groups -OCH3 is 1. The Balaban J connectivity index is 1.65. The molecule has 2 heterocycles. The number of nitriles is 1. The number of urea groups is 1. The lowest BCUT2D eigenvalue weighted by atomic mass is 9.97. The number of nitrogens with one attached hydrogen (secondary N) is 2. The number of aromatic nitrogens is 2. The third-order valence-electron chi connectivity index (χ3n) is 3.97. The maximum Gasteiger partial charge on any atom is 0.319 e. The Labute approximate surface area is 136 Å². The molecule has 0 saturated carbocycles. The number of likely N-dealkylation sites (tertiary alicyclic amines) is 1. The molecule has 0 unspecified atom stereocenters. The van der Waals surface area contributed by atoms with Gasteiger partial charge in [-0.3, -0.25) is 9.58 Å². The van der Waals surface area contributed by atoms with E-state index in [0.717, 1.165) is 25.9 Å². The van der Waals surface area contributed by atoms with Gasteiger partial charge in [0.15, 0.2) is 0 Å². The van der Waals surface area contributed by atoms with Crippen molar-refractivity contribution in [3.05, 3.63) is 12.4 Å². The van der Waals surface area contributed by atoms with Crippen molar-refractivity contribution in [3.8, 4) is 6.07 Å². The van der Waals surface area contributed by atoms with Crippen LogP contribution >= 0.6 is 0 Å². The lowest BCUT2D eigenvalue weighted by Crippen LogP contribution is -2.39. The quantitative estimate of drug-likeness (QED) is 0.727. The van der Waals surface area contributed by atoms with Crippen LogP contribution in [0.4, 0.5) is 10.5 Å². The second kappa shape index (κ2) is 9.12. The Hall–Kier alpha value is -2.11. The molecule has 0 radical (unpaired) electrons. The molecular formula is C15H24N6O2. The minimum absolute atomic E-state index is 0.212. The van der Waals surface area contributed by atoms with Crippen LogP contribution in [0.3, 0.4) is 0 Å². The number of amides is 2. The number of rotatable bonds is 7. The molecular weight excluding hydrogens is 296 g/mol. The molecule has 1 aliphatic rings. The predicted molar refractivity (Wildman–Crippen MR) is 85.9 cm³/mol. The first-order valence-electron chi connectivity index (χ1n) is 7.87. The number of nitrogens with zero attached hydrogens (tertiary/aromatic N) is 4. The number of anilines is 1. The summed E-state index contributed by atoms with van der Waals surface area (Å²) in [5, 5.41) is 18.5. The number of ether oxygens (including phenoxy) is 1. The van der Waals surface area contributed by atoms with E-state index in [9.17, 15) is 4.79 Å². The Morgan fingerprint density at radius 3 is 3.00 bits per heavy atom. The Kier molecular flexibility index (Phi) is 6.84. The molecule has 23 heavy (non-hydrogen) atoms. The molecule has 8 nitrogen and oxygen atoms in total. The van der Waals surface area contributed by atoms with Crippen molar-refractivity contribution in [2.45, 2.75) is 19.4 Å². The molecule has 2 rings (SSSR count). The second-order valence-electron chi connectivity index (χ2n) is 5.70. The second-order valence-corrected chi connectivity index (χ2v) is 5.70. The van der Waals surface area contributed by atoms with Gasteiger partial charge in [0.1, 0.15) is 0 Å². The minimum atomic E-state index is -0.212. The summed E-state index contributed by atoms with van der Waals surface area (Å²) in [5.41, 5.74) is 0.669. The van der Waals surface area contributed by atoms with Crippen LogP contribution in [-0.4, -0.2) is 60.6 Å². The lowest BCUT2D eigenvalue weighted by molar-refractivity contribution is 0.183. The van der Waals surface area contributed by atoms with Gasteiger partial charge in [0, 0.05) is 19.9 Å². The SMILES string of the molecule is COCCn1cc(NC(=O)NCC2CCN(CC#N)CC2)cn1. The molecule has 2 N–H and O–H groups in total. The van der Waals surface area contributed by atoms with E-state index in [1.807, 2.05) is 0 Å². The van der Waals surface area contributed by atoms with Crippen LogP contribution in [0, 0.1) is 17.2 Å². The summed E-state index contributed by atoms with van der Waals surface area (Å²) < 4.78 is 6.71. The molecule has 0 aliphatic carbocycles. The highest BCUT2D eigenvalue weighted by molar-refractivity contribution is 5.88. The van der Waals surface area contributed by atoms with Gasteiger partial charge in [-0.05, 0) is 31.8 Å². The van der Waals surface area contributed by atoms with E-state index in [2.05, 4.69) is 26.7 Å². The molecule has 0 aromatic carbocycles. The van der Waals surface area contributed by atoms with Crippen molar-refractivity contribution < 1.29 is 9.53 Å². The Bertz CT molecular complexity index is 530. The highest BCUT2D eigenvalue weighted by Crippen LogP contribution is 2.15. The van der Waals surface area contributed by atoms with Gasteiger partial charge in [0.25, 0.3) is 0 Å². The van der Waals surface area contributed by atoms with E-state index in [1.165, 1.54) is 0 Å². The third kappa shape index (κ3) is 5.88. The first kappa shape index (κ1) is 17.2. The zero-order chi connectivity index (χ0) is 16.5. The molecule has 8 heteroatoms. The first-order valence-corrected chi connectivity index (χ1v) is 7.87. The lowest BCUT2D eigenvalue weighted by Gasteiger charge is -2.30. The zero-order valence-electron chi connectivity index (χ0n) is 13.5. The molecule has 0 spiro atoms. The monoisotopic (exact) mass is 320 g/mol. The molecule has 126 valence electrons. The molecule has 0 bridgehead atoms. The Morgan fingerprint density at radius 1 is 1.52 bits per heavy atom. The number of piperidine rings is 1. The van der Waals surface area contributed by atoms with E-state index in [1.54, 1.807) is 24.2 Å². The van der Waals surface area contributed by atoms with Gasteiger partial charge in [-0.2, -0.15) is 10.4 Å². The first-order chi connectivity index (χ1) is 11.2. The summed E-state index contributed by atoms with van der Waals surface area (Å²) in [6.45, 7) is 4.23. The summed E-state index contributed by atoms with van der Waals surface area (Å²) in [5.74, 6) is 0.472. The summed E-state index contributed by atoms with van der Waals surface area (Å²) in [6, 6.07) is 1.96. The normalized spacial score (nSPS) is 16.0. The number of hydrogen-bond acceptors (Lipinski definition) is 5. The third-order valence-corrected chi connectivity index (χ3v) is 3.97. The predicted octanol–water partition coefficient (Wildman–Crippen LogP) is 0.887. The van der Waals surface area contributed by atoms with Crippen LogP contribution in [0.25, 0.3) is 0 Å². The molecule has 1 saturated heterocycles. The van der Waals surface area contributed by atoms with Crippen molar-refractivity contribution in [2.75, 3.05) is 45.2 Å². The van der Waals surface area contributed by atoms with Crippen molar-refractivity contribution >= 4 is 11.7 Å².